The summed E-state index contributed by atoms with van der Waals surface area (Å²) in [6.07, 6.45) is -4.95. The number of halogens is 3. The lowest BCUT2D eigenvalue weighted by Gasteiger charge is -2.17. The Morgan fingerprint density at radius 2 is 1.63 bits per heavy atom. The van der Waals surface area contributed by atoms with Crippen molar-refractivity contribution < 1.29 is 32.1 Å². The van der Waals surface area contributed by atoms with Crippen LogP contribution < -0.4 is 5.32 Å². The number of carbonyl (C=O) groups excluding carboxylic acids is 1. The van der Waals surface area contributed by atoms with Crippen molar-refractivity contribution in [2.24, 2.45) is 0 Å². The van der Waals surface area contributed by atoms with Gasteiger partial charge in [0.25, 0.3) is 5.91 Å². The van der Waals surface area contributed by atoms with Gasteiger partial charge in [0, 0.05) is 10.6 Å². The summed E-state index contributed by atoms with van der Waals surface area (Å²) < 4.78 is 51.2. The van der Waals surface area contributed by atoms with Crippen LogP contribution in [0.3, 0.4) is 0 Å². The fourth-order valence-electron chi connectivity index (χ4n) is 2.34. The van der Waals surface area contributed by atoms with E-state index in [0.717, 1.165) is 18.2 Å². The van der Waals surface area contributed by atoms with Gasteiger partial charge in [0.05, 0.1) is 21.9 Å². The van der Waals surface area contributed by atoms with E-state index in [1.54, 1.807) is 30.3 Å². The molecule has 1 amide bonds. The number of alkyl halides is 3. The second-order valence-corrected chi connectivity index (χ2v) is 7.13. The molecule has 2 aromatic rings. The van der Waals surface area contributed by atoms with E-state index in [0.29, 0.717) is 4.90 Å². The van der Waals surface area contributed by atoms with E-state index in [2.05, 4.69) is 5.32 Å². The predicted molar refractivity (Wildman–Crippen MR) is 92.7 cm³/mol. The van der Waals surface area contributed by atoms with Gasteiger partial charge in [-0.1, -0.05) is 30.3 Å². The van der Waals surface area contributed by atoms with E-state index in [4.69, 9.17) is 0 Å². The normalized spacial score (nSPS) is 13.6. The number of rotatable bonds is 7. The van der Waals surface area contributed by atoms with Crippen molar-refractivity contribution in [2.75, 3.05) is 5.75 Å². The molecule has 0 heterocycles. The summed E-state index contributed by atoms with van der Waals surface area (Å²) in [5.74, 6) is -2.64. The molecule has 5 nitrogen and oxygen atoms in total. The number of benzene rings is 2. The first kappa shape index (κ1) is 20.6. The van der Waals surface area contributed by atoms with Crippen LogP contribution in [0.15, 0.2) is 59.5 Å². The molecule has 0 saturated carbocycles. The fraction of sp³-hybridized carbons (Fsp3) is 0.222. The molecule has 0 unspecified atom stereocenters. The van der Waals surface area contributed by atoms with Crippen molar-refractivity contribution in [1.29, 1.82) is 0 Å². The van der Waals surface area contributed by atoms with Gasteiger partial charge in [0.2, 0.25) is 0 Å². The van der Waals surface area contributed by atoms with Crippen molar-refractivity contribution in [3.05, 3.63) is 65.7 Å². The van der Waals surface area contributed by atoms with E-state index < -0.39 is 46.0 Å². The van der Waals surface area contributed by atoms with Gasteiger partial charge >= 0.3 is 12.1 Å². The maximum absolute atomic E-state index is 13.0. The van der Waals surface area contributed by atoms with E-state index in [1.807, 2.05) is 0 Å². The van der Waals surface area contributed by atoms with Crippen molar-refractivity contribution in [3.8, 4) is 0 Å². The van der Waals surface area contributed by atoms with Crippen LogP contribution in [0.25, 0.3) is 0 Å². The predicted octanol–water partition coefficient (Wildman–Crippen LogP) is 3.09. The molecule has 2 N–H and O–H groups in total. The Balaban J connectivity index is 2.10. The molecule has 0 aromatic heterocycles. The van der Waals surface area contributed by atoms with Crippen molar-refractivity contribution in [3.63, 3.8) is 0 Å². The minimum atomic E-state index is -4.75. The molecule has 9 heteroatoms. The summed E-state index contributed by atoms with van der Waals surface area (Å²) in [6.45, 7) is 0. The SMILES string of the molecule is O=C(N[C@H](CC[S@@](=O)c1ccccc1)C(=O)O)c1ccccc1C(F)(F)F. The molecule has 2 rings (SSSR count). The number of carboxylic acid groups (broad SMARTS) is 1. The van der Waals surface area contributed by atoms with Gasteiger partial charge in [0.15, 0.2) is 0 Å². The summed E-state index contributed by atoms with van der Waals surface area (Å²) in [4.78, 5) is 24.0. The van der Waals surface area contributed by atoms with Crippen LogP contribution >= 0.6 is 0 Å². The molecule has 2 atom stereocenters. The van der Waals surface area contributed by atoms with E-state index in [1.165, 1.54) is 6.07 Å². The third-order valence-electron chi connectivity index (χ3n) is 3.68. The molecule has 0 bridgehead atoms. The second-order valence-electron chi connectivity index (χ2n) is 5.56. The standard InChI is InChI=1S/C18H16F3NO4S/c19-18(20,21)14-9-5-4-8-13(14)16(23)22-15(17(24)25)10-11-27(26)12-6-2-1-3-7-12/h1-9,15H,10-11H2,(H,22,23)(H,24,25)/t15-,27-/m1/s1. The van der Waals surface area contributed by atoms with Crippen molar-refractivity contribution >= 4 is 22.7 Å². The van der Waals surface area contributed by atoms with Crippen LogP contribution in [0.2, 0.25) is 0 Å². The summed E-state index contributed by atoms with van der Waals surface area (Å²) in [5, 5.41) is 11.3. The second kappa shape index (κ2) is 8.81. The highest BCUT2D eigenvalue weighted by molar-refractivity contribution is 7.85. The fourth-order valence-corrected chi connectivity index (χ4v) is 3.48. The Hall–Kier alpha value is -2.68. The summed E-state index contributed by atoms with van der Waals surface area (Å²) in [5.41, 5.74) is -1.82. The molecule has 0 aliphatic rings. The zero-order chi connectivity index (χ0) is 20.0. The quantitative estimate of drug-likeness (QED) is 0.750. The largest absolute Gasteiger partial charge is 0.480 e. The molecule has 0 spiro atoms. The third-order valence-corrected chi connectivity index (χ3v) is 5.08. The molecule has 0 aliphatic carbocycles. The molecular weight excluding hydrogens is 383 g/mol. The Bertz CT molecular complexity index is 840. The number of carbonyl (C=O) groups is 2. The number of hydrogen-bond acceptors (Lipinski definition) is 3. The smallest absolute Gasteiger partial charge is 0.417 e. The van der Waals surface area contributed by atoms with Gasteiger partial charge in [-0.3, -0.25) is 9.00 Å². The van der Waals surface area contributed by atoms with Gasteiger partial charge in [-0.25, -0.2) is 4.79 Å². The van der Waals surface area contributed by atoms with Crippen LogP contribution in [0.4, 0.5) is 13.2 Å². The Morgan fingerprint density at radius 3 is 2.22 bits per heavy atom. The molecule has 0 aliphatic heterocycles. The first-order chi connectivity index (χ1) is 12.7. The zero-order valence-electron chi connectivity index (χ0n) is 13.9. The monoisotopic (exact) mass is 399 g/mol. The van der Waals surface area contributed by atoms with Crippen LogP contribution in [0.1, 0.15) is 22.3 Å². The van der Waals surface area contributed by atoms with E-state index in [-0.39, 0.29) is 12.2 Å². The molecule has 0 fully saturated rings. The van der Waals surface area contributed by atoms with Gasteiger partial charge in [-0.05, 0) is 30.7 Å². The van der Waals surface area contributed by atoms with E-state index >= 15 is 0 Å². The molecular formula is C18H16F3NO4S. The Kier molecular flexibility index (Phi) is 6.73. The number of carboxylic acids is 1. The lowest BCUT2D eigenvalue weighted by atomic mass is 10.1. The maximum Gasteiger partial charge on any atom is 0.417 e. The highest BCUT2D eigenvalue weighted by Gasteiger charge is 2.35. The van der Waals surface area contributed by atoms with Crippen LogP contribution in [-0.2, 0) is 21.8 Å². The average Bonchev–Trinajstić information content (AvgIpc) is 2.64. The molecule has 0 radical (unpaired) electrons. The summed E-state index contributed by atoms with van der Waals surface area (Å²) in [6, 6.07) is 11.0. The first-order valence-electron chi connectivity index (χ1n) is 7.83. The van der Waals surface area contributed by atoms with Gasteiger partial charge in [-0.15, -0.1) is 0 Å². The van der Waals surface area contributed by atoms with E-state index in [9.17, 15) is 32.1 Å². The Morgan fingerprint density at radius 1 is 1.04 bits per heavy atom. The third kappa shape index (κ3) is 5.65. The van der Waals surface area contributed by atoms with Crippen molar-refractivity contribution in [1.82, 2.24) is 5.32 Å². The number of amides is 1. The summed E-state index contributed by atoms with van der Waals surface area (Å²) >= 11 is 0. The average molecular weight is 399 g/mol. The topological polar surface area (TPSA) is 83.5 Å². The number of hydrogen-bond donors (Lipinski definition) is 2. The number of aliphatic carboxylic acids is 1. The minimum absolute atomic E-state index is 0.0673. The molecule has 144 valence electrons. The number of nitrogens with one attached hydrogen (secondary N) is 1. The van der Waals surface area contributed by atoms with Gasteiger partial charge in [0.1, 0.15) is 6.04 Å². The molecule has 0 saturated heterocycles. The molecule has 2 aromatic carbocycles. The highest BCUT2D eigenvalue weighted by Crippen LogP contribution is 2.31. The Labute approximate surface area is 155 Å². The zero-order valence-corrected chi connectivity index (χ0v) is 14.7. The van der Waals surface area contributed by atoms with Crippen LogP contribution in [0, 0.1) is 0 Å². The van der Waals surface area contributed by atoms with Gasteiger partial charge < -0.3 is 10.4 Å². The lowest BCUT2D eigenvalue weighted by Crippen LogP contribution is -2.42. The highest BCUT2D eigenvalue weighted by atomic mass is 32.2. The van der Waals surface area contributed by atoms with Crippen LogP contribution in [-0.4, -0.2) is 33.0 Å². The summed E-state index contributed by atoms with van der Waals surface area (Å²) in [7, 11) is -1.49. The lowest BCUT2D eigenvalue weighted by molar-refractivity contribution is -0.139. The minimum Gasteiger partial charge on any atom is -0.480 e. The maximum atomic E-state index is 13.0. The van der Waals surface area contributed by atoms with Crippen LogP contribution in [0.5, 0.6) is 0 Å². The first-order valence-corrected chi connectivity index (χ1v) is 9.15. The molecule has 27 heavy (non-hydrogen) atoms. The van der Waals surface area contributed by atoms with Gasteiger partial charge in [-0.2, -0.15) is 13.2 Å². The van der Waals surface area contributed by atoms with Crippen molar-refractivity contribution in [2.45, 2.75) is 23.5 Å².